The maximum absolute atomic E-state index is 11.9. The van der Waals surface area contributed by atoms with Gasteiger partial charge in [0, 0.05) is 13.1 Å². The molecule has 0 aliphatic carbocycles. The molecule has 1 amide bonds. The summed E-state index contributed by atoms with van der Waals surface area (Å²) < 4.78 is 35.7. The number of halogens is 3. The number of aliphatic carboxylic acids is 1. The Morgan fingerprint density at radius 3 is 2.50 bits per heavy atom. The van der Waals surface area contributed by atoms with Crippen LogP contribution < -0.4 is 5.43 Å². The Labute approximate surface area is 89.2 Å². The highest BCUT2D eigenvalue weighted by Gasteiger charge is 2.40. The van der Waals surface area contributed by atoms with E-state index in [0.717, 1.165) is 5.01 Å². The lowest BCUT2D eigenvalue weighted by Gasteiger charge is -2.30. The summed E-state index contributed by atoms with van der Waals surface area (Å²) in [6.07, 6.45) is -4.10. The van der Waals surface area contributed by atoms with E-state index in [4.69, 9.17) is 5.11 Å². The lowest BCUT2D eigenvalue weighted by molar-refractivity contribution is -0.180. The van der Waals surface area contributed by atoms with Crippen molar-refractivity contribution in [1.29, 1.82) is 0 Å². The van der Waals surface area contributed by atoms with E-state index in [-0.39, 0.29) is 13.1 Å². The van der Waals surface area contributed by atoms with Gasteiger partial charge in [-0.15, -0.1) is 0 Å². The molecular formula is C8H11F3N2O3. The Morgan fingerprint density at radius 1 is 1.38 bits per heavy atom. The zero-order chi connectivity index (χ0) is 12.3. The molecule has 16 heavy (non-hydrogen) atoms. The van der Waals surface area contributed by atoms with E-state index in [9.17, 15) is 22.8 Å². The summed E-state index contributed by atoms with van der Waals surface area (Å²) in [5, 5.41) is 9.69. The molecule has 92 valence electrons. The van der Waals surface area contributed by atoms with E-state index >= 15 is 0 Å². The Morgan fingerprint density at radius 2 is 2.00 bits per heavy atom. The van der Waals surface area contributed by atoms with Crippen LogP contribution in [0.5, 0.6) is 0 Å². The molecule has 5 nitrogen and oxygen atoms in total. The minimum atomic E-state index is -4.95. The van der Waals surface area contributed by atoms with Crippen molar-refractivity contribution < 1.29 is 27.9 Å². The first kappa shape index (κ1) is 12.8. The van der Waals surface area contributed by atoms with Crippen molar-refractivity contribution in [2.75, 3.05) is 13.1 Å². The summed E-state index contributed by atoms with van der Waals surface area (Å²) in [6, 6.07) is 0. The number of alkyl halides is 3. The number of carbonyl (C=O) groups is 2. The van der Waals surface area contributed by atoms with Gasteiger partial charge < -0.3 is 5.11 Å². The number of rotatable bonds is 2. The molecule has 0 radical (unpaired) electrons. The highest BCUT2D eigenvalue weighted by atomic mass is 19.4. The molecular weight excluding hydrogens is 229 g/mol. The molecule has 8 heteroatoms. The molecule has 0 aromatic rings. The molecule has 0 bridgehead atoms. The molecule has 2 N–H and O–H groups in total. The number of nitrogens with zero attached hydrogens (tertiary/aromatic N) is 1. The van der Waals surface area contributed by atoms with E-state index in [1.54, 1.807) is 5.43 Å². The zero-order valence-electron chi connectivity index (χ0n) is 8.25. The molecule has 1 fully saturated rings. The Balaban J connectivity index is 2.49. The third-order valence-corrected chi connectivity index (χ3v) is 2.29. The number of hydrazine groups is 1. The average molecular weight is 240 g/mol. The van der Waals surface area contributed by atoms with Gasteiger partial charge in [0.2, 0.25) is 0 Å². The number of carboxylic acids is 1. The van der Waals surface area contributed by atoms with Crippen LogP contribution in [0.4, 0.5) is 13.2 Å². The maximum atomic E-state index is 11.9. The second kappa shape index (κ2) is 4.69. The van der Waals surface area contributed by atoms with E-state index in [0.29, 0.717) is 12.8 Å². The van der Waals surface area contributed by atoms with Gasteiger partial charge in [0.15, 0.2) is 0 Å². The van der Waals surface area contributed by atoms with Gasteiger partial charge in [0.1, 0.15) is 0 Å². The third-order valence-electron chi connectivity index (χ3n) is 2.29. The Hall–Kier alpha value is -1.31. The fourth-order valence-electron chi connectivity index (χ4n) is 1.49. The molecule has 1 atom stereocenters. The van der Waals surface area contributed by atoms with Crippen LogP contribution in [0.3, 0.4) is 0 Å². The van der Waals surface area contributed by atoms with Crippen LogP contribution in [0.25, 0.3) is 0 Å². The molecule has 1 aliphatic rings. The molecule has 1 rings (SSSR count). The van der Waals surface area contributed by atoms with Gasteiger partial charge in [-0.1, -0.05) is 0 Å². The quantitative estimate of drug-likeness (QED) is 0.732. The molecule has 0 saturated carbocycles. The zero-order valence-corrected chi connectivity index (χ0v) is 8.25. The topological polar surface area (TPSA) is 69.6 Å². The van der Waals surface area contributed by atoms with Crippen molar-refractivity contribution in [3.63, 3.8) is 0 Å². The maximum Gasteiger partial charge on any atom is 0.472 e. The second-order valence-corrected chi connectivity index (χ2v) is 3.56. The predicted octanol–water partition coefficient (Wildman–Crippen LogP) is 0.376. The summed E-state index contributed by atoms with van der Waals surface area (Å²) in [5.74, 6) is -3.87. The van der Waals surface area contributed by atoms with E-state index < -0.39 is 24.0 Å². The fraction of sp³-hybridized carbons (Fsp3) is 0.750. The van der Waals surface area contributed by atoms with Crippen molar-refractivity contribution in [3.8, 4) is 0 Å². The first-order valence-electron chi connectivity index (χ1n) is 4.66. The smallest absolute Gasteiger partial charge is 0.472 e. The molecule has 1 heterocycles. The van der Waals surface area contributed by atoms with Crippen LogP contribution in [0.1, 0.15) is 12.8 Å². The van der Waals surface area contributed by atoms with Gasteiger partial charge in [0.25, 0.3) is 0 Å². The summed E-state index contributed by atoms with van der Waals surface area (Å²) in [7, 11) is 0. The van der Waals surface area contributed by atoms with Crippen LogP contribution in [0, 0.1) is 5.92 Å². The van der Waals surface area contributed by atoms with E-state index in [1.165, 1.54) is 0 Å². The van der Waals surface area contributed by atoms with Crippen molar-refractivity contribution >= 4 is 11.9 Å². The van der Waals surface area contributed by atoms with E-state index in [1.807, 2.05) is 0 Å². The van der Waals surface area contributed by atoms with Gasteiger partial charge in [-0.3, -0.25) is 15.0 Å². The number of hydrogen-bond acceptors (Lipinski definition) is 3. The number of hydrogen-bond donors (Lipinski definition) is 2. The first-order valence-corrected chi connectivity index (χ1v) is 4.66. The van der Waals surface area contributed by atoms with Crippen LogP contribution in [-0.2, 0) is 9.59 Å². The minimum absolute atomic E-state index is 0.100. The number of nitrogens with one attached hydrogen (secondary N) is 1. The second-order valence-electron chi connectivity index (χ2n) is 3.56. The highest BCUT2D eigenvalue weighted by molar-refractivity contribution is 5.81. The van der Waals surface area contributed by atoms with E-state index in [2.05, 4.69) is 0 Å². The summed E-state index contributed by atoms with van der Waals surface area (Å²) >= 11 is 0. The van der Waals surface area contributed by atoms with Crippen molar-refractivity contribution in [1.82, 2.24) is 10.4 Å². The summed E-state index contributed by atoms with van der Waals surface area (Å²) in [6.45, 7) is 0.128. The minimum Gasteiger partial charge on any atom is -0.481 e. The predicted molar refractivity (Wildman–Crippen MR) is 46.1 cm³/mol. The average Bonchev–Trinajstić information content (AvgIpc) is 2.16. The lowest BCUT2D eigenvalue weighted by Crippen LogP contribution is -2.52. The van der Waals surface area contributed by atoms with Crippen LogP contribution in [-0.4, -0.2) is 41.3 Å². The standard InChI is InChI=1S/C8H11F3N2O3/c9-8(10,11)7(16)12-13-3-1-2-5(4-13)6(14)15/h5H,1-4H2,(H,12,16)(H,14,15). The Bertz CT molecular complexity index is 293. The number of carboxylic acid groups (broad SMARTS) is 1. The largest absolute Gasteiger partial charge is 0.481 e. The molecule has 0 spiro atoms. The number of carbonyl (C=O) groups excluding carboxylic acids is 1. The monoisotopic (exact) mass is 240 g/mol. The molecule has 0 aromatic carbocycles. The van der Waals surface area contributed by atoms with Gasteiger partial charge in [-0.2, -0.15) is 13.2 Å². The van der Waals surface area contributed by atoms with Crippen LogP contribution in [0.15, 0.2) is 0 Å². The summed E-state index contributed by atoms with van der Waals surface area (Å²) in [5.41, 5.74) is 1.65. The molecule has 1 saturated heterocycles. The van der Waals surface area contributed by atoms with Crippen molar-refractivity contribution in [2.24, 2.45) is 5.92 Å². The normalized spacial score (nSPS) is 22.8. The van der Waals surface area contributed by atoms with Crippen LogP contribution in [0.2, 0.25) is 0 Å². The van der Waals surface area contributed by atoms with Crippen molar-refractivity contribution in [3.05, 3.63) is 0 Å². The van der Waals surface area contributed by atoms with Gasteiger partial charge in [0.05, 0.1) is 5.92 Å². The number of piperidine rings is 1. The third kappa shape index (κ3) is 3.37. The lowest BCUT2D eigenvalue weighted by atomic mass is 10.00. The first-order chi connectivity index (χ1) is 7.30. The van der Waals surface area contributed by atoms with Crippen LogP contribution >= 0.6 is 0 Å². The van der Waals surface area contributed by atoms with Gasteiger partial charge in [-0.25, -0.2) is 5.01 Å². The SMILES string of the molecule is O=C(O)C1CCCN(NC(=O)C(F)(F)F)C1. The molecule has 0 aromatic heterocycles. The summed E-state index contributed by atoms with van der Waals surface area (Å²) in [4.78, 5) is 21.2. The number of amides is 1. The van der Waals surface area contributed by atoms with Gasteiger partial charge in [-0.05, 0) is 12.8 Å². The highest BCUT2D eigenvalue weighted by Crippen LogP contribution is 2.18. The molecule has 1 aliphatic heterocycles. The Kier molecular flexibility index (Phi) is 3.74. The fourth-order valence-corrected chi connectivity index (χ4v) is 1.49. The van der Waals surface area contributed by atoms with Crippen molar-refractivity contribution in [2.45, 2.75) is 19.0 Å². The molecule has 1 unspecified atom stereocenters. The van der Waals surface area contributed by atoms with Gasteiger partial charge >= 0.3 is 18.1 Å².